The van der Waals surface area contributed by atoms with Gasteiger partial charge in [-0.3, -0.25) is 4.79 Å². The maximum atomic E-state index is 12.6. The van der Waals surface area contributed by atoms with Crippen molar-refractivity contribution >= 4 is 22.5 Å². The molecule has 1 heterocycles. The quantitative estimate of drug-likeness (QED) is 0.533. The zero-order valence-corrected chi connectivity index (χ0v) is 10.9. The monoisotopic (exact) mass is 271 g/mol. The first kappa shape index (κ1) is 11.6. The Labute approximate surface area is 120 Å². The van der Waals surface area contributed by atoms with Gasteiger partial charge in [-0.1, -0.05) is 36.4 Å². The van der Waals surface area contributed by atoms with Crippen molar-refractivity contribution < 1.29 is 4.79 Å². The summed E-state index contributed by atoms with van der Waals surface area (Å²) in [5.41, 5.74) is 9.52. The van der Waals surface area contributed by atoms with Crippen LogP contribution in [0.15, 0.2) is 42.5 Å². The largest absolute Gasteiger partial charge is 0.383 e. The number of nitriles is 1. The van der Waals surface area contributed by atoms with Crippen molar-refractivity contribution in [2.45, 2.75) is 0 Å². The molecule has 0 radical (unpaired) electrons. The van der Waals surface area contributed by atoms with Gasteiger partial charge in [-0.2, -0.15) is 5.26 Å². The summed E-state index contributed by atoms with van der Waals surface area (Å²) in [6.07, 6.45) is 0. The summed E-state index contributed by atoms with van der Waals surface area (Å²) in [7, 11) is 0. The molecule has 2 N–H and O–H groups in total. The SMILES string of the molecule is N#Cc1c(N)nc2cccc3c2c1-c1ccccc1C3=O. The van der Waals surface area contributed by atoms with Gasteiger partial charge in [0.05, 0.1) is 5.52 Å². The molecule has 0 saturated heterocycles. The summed E-state index contributed by atoms with van der Waals surface area (Å²) in [5.74, 6) is 0.153. The Kier molecular flexibility index (Phi) is 2.16. The summed E-state index contributed by atoms with van der Waals surface area (Å²) in [4.78, 5) is 16.9. The minimum atomic E-state index is -0.0424. The van der Waals surface area contributed by atoms with E-state index in [1.54, 1.807) is 24.3 Å². The summed E-state index contributed by atoms with van der Waals surface area (Å²) < 4.78 is 0. The van der Waals surface area contributed by atoms with Crippen LogP contribution < -0.4 is 5.73 Å². The van der Waals surface area contributed by atoms with Gasteiger partial charge in [0.25, 0.3) is 0 Å². The first-order chi connectivity index (χ1) is 10.2. The maximum absolute atomic E-state index is 12.6. The van der Waals surface area contributed by atoms with E-state index in [0.717, 1.165) is 5.56 Å². The van der Waals surface area contributed by atoms with Gasteiger partial charge in [-0.05, 0) is 11.6 Å². The number of ketones is 1. The number of aromatic nitrogens is 1. The number of anilines is 1. The lowest BCUT2D eigenvalue weighted by Gasteiger charge is -2.20. The minimum absolute atomic E-state index is 0.0424. The van der Waals surface area contributed by atoms with E-state index in [0.29, 0.717) is 33.2 Å². The molecule has 0 bridgehead atoms. The normalized spacial score (nSPS) is 12.0. The Morgan fingerprint density at radius 1 is 1.00 bits per heavy atom. The van der Waals surface area contributed by atoms with E-state index in [1.807, 2.05) is 18.2 Å². The van der Waals surface area contributed by atoms with Gasteiger partial charge < -0.3 is 5.73 Å². The van der Waals surface area contributed by atoms with Crippen molar-refractivity contribution in [3.63, 3.8) is 0 Å². The first-order valence-electron chi connectivity index (χ1n) is 6.48. The van der Waals surface area contributed by atoms with Gasteiger partial charge in [0, 0.05) is 22.1 Å². The molecule has 0 spiro atoms. The third-order valence-corrected chi connectivity index (χ3v) is 3.84. The van der Waals surface area contributed by atoms with Crippen molar-refractivity contribution in [2.24, 2.45) is 0 Å². The van der Waals surface area contributed by atoms with Gasteiger partial charge in [0.1, 0.15) is 17.5 Å². The van der Waals surface area contributed by atoms with E-state index in [9.17, 15) is 10.1 Å². The highest BCUT2D eigenvalue weighted by atomic mass is 16.1. The van der Waals surface area contributed by atoms with E-state index in [-0.39, 0.29) is 11.6 Å². The molecule has 4 nitrogen and oxygen atoms in total. The summed E-state index contributed by atoms with van der Waals surface area (Å²) in [6.45, 7) is 0. The molecule has 21 heavy (non-hydrogen) atoms. The Bertz CT molecular complexity index is 983. The second-order valence-electron chi connectivity index (χ2n) is 4.93. The van der Waals surface area contributed by atoms with Gasteiger partial charge in [0.15, 0.2) is 5.78 Å². The highest BCUT2D eigenvalue weighted by molar-refractivity contribution is 6.26. The van der Waals surface area contributed by atoms with Crippen molar-refractivity contribution in [1.82, 2.24) is 4.98 Å². The number of carbonyl (C=O) groups excluding carboxylic acids is 1. The van der Waals surface area contributed by atoms with Crippen molar-refractivity contribution in [3.8, 4) is 17.2 Å². The van der Waals surface area contributed by atoms with Crippen molar-refractivity contribution in [2.75, 3.05) is 5.73 Å². The number of fused-ring (bicyclic) bond motifs is 2. The third kappa shape index (κ3) is 1.37. The number of nitrogen functional groups attached to an aromatic ring is 1. The number of nitrogens with zero attached hydrogens (tertiary/aromatic N) is 2. The summed E-state index contributed by atoms with van der Waals surface area (Å²) in [6, 6.07) is 14.8. The first-order valence-corrected chi connectivity index (χ1v) is 6.48. The molecular formula is C17H9N3O. The van der Waals surface area contributed by atoms with E-state index in [2.05, 4.69) is 11.1 Å². The van der Waals surface area contributed by atoms with Crippen LogP contribution in [0.5, 0.6) is 0 Å². The summed E-state index contributed by atoms with van der Waals surface area (Å²) >= 11 is 0. The Morgan fingerprint density at radius 2 is 1.71 bits per heavy atom. The number of hydrogen-bond acceptors (Lipinski definition) is 4. The fourth-order valence-electron chi connectivity index (χ4n) is 2.95. The number of hydrogen-bond donors (Lipinski definition) is 1. The molecule has 1 aromatic heterocycles. The average molecular weight is 271 g/mol. The molecule has 3 aromatic rings. The molecule has 2 aromatic carbocycles. The molecule has 4 rings (SSSR count). The fraction of sp³-hybridized carbons (Fsp3) is 0. The lowest BCUT2D eigenvalue weighted by Crippen LogP contribution is -2.12. The molecule has 0 unspecified atom stereocenters. The van der Waals surface area contributed by atoms with E-state index < -0.39 is 0 Å². The molecule has 98 valence electrons. The molecule has 0 atom stereocenters. The molecule has 4 heteroatoms. The predicted octanol–water partition coefficient (Wildman–Crippen LogP) is 2.90. The molecule has 1 aliphatic rings. The Hall–Kier alpha value is -3.19. The molecular weight excluding hydrogens is 262 g/mol. The molecule has 0 aliphatic heterocycles. The predicted molar refractivity (Wildman–Crippen MR) is 79.7 cm³/mol. The smallest absolute Gasteiger partial charge is 0.194 e. The van der Waals surface area contributed by atoms with E-state index >= 15 is 0 Å². The zero-order valence-electron chi connectivity index (χ0n) is 10.9. The number of carbonyl (C=O) groups is 1. The van der Waals surface area contributed by atoms with E-state index in [1.165, 1.54) is 0 Å². The minimum Gasteiger partial charge on any atom is -0.383 e. The second kappa shape index (κ2) is 3.90. The highest BCUT2D eigenvalue weighted by Crippen LogP contribution is 2.41. The van der Waals surface area contributed by atoms with Gasteiger partial charge in [-0.25, -0.2) is 4.98 Å². The van der Waals surface area contributed by atoms with Gasteiger partial charge >= 0.3 is 0 Å². The van der Waals surface area contributed by atoms with Gasteiger partial charge in [0.2, 0.25) is 0 Å². The average Bonchev–Trinajstić information content (AvgIpc) is 2.51. The molecule has 1 aliphatic carbocycles. The van der Waals surface area contributed by atoms with Crippen molar-refractivity contribution in [3.05, 3.63) is 59.2 Å². The number of nitrogens with two attached hydrogens (primary N) is 1. The lowest BCUT2D eigenvalue weighted by atomic mass is 9.82. The van der Waals surface area contributed by atoms with Crippen LogP contribution in [-0.4, -0.2) is 10.8 Å². The maximum Gasteiger partial charge on any atom is 0.194 e. The van der Waals surface area contributed by atoms with Crippen LogP contribution >= 0.6 is 0 Å². The molecule has 0 fully saturated rings. The third-order valence-electron chi connectivity index (χ3n) is 3.84. The number of benzene rings is 2. The highest BCUT2D eigenvalue weighted by Gasteiger charge is 2.28. The second-order valence-corrected chi connectivity index (χ2v) is 4.93. The van der Waals surface area contributed by atoms with Crippen molar-refractivity contribution in [1.29, 1.82) is 5.26 Å². The van der Waals surface area contributed by atoms with Crippen LogP contribution in [0, 0.1) is 11.3 Å². The topological polar surface area (TPSA) is 79.8 Å². The van der Waals surface area contributed by atoms with Crippen LogP contribution in [0.25, 0.3) is 22.0 Å². The summed E-state index contributed by atoms with van der Waals surface area (Å²) in [5, 5.41) is 10.2. The lowest BCUT2D eigenvalue weighted by molar-refractivity contribution is 0.104. The van der Waals surface area contributed by atoms with Crippen LogP contribution in [0.4, 0.5) is 5.82 Å². The van der Waals surface area contributed by atoms with Gasteiger partial charge in [-0.15, -0.1) is 0 Å². The Balaban J connectivity index is 2.34. The van der Waals surface area contributed by atoms with Crippen LogP contribution in [-0.2, 0) is 0 Å². The van der Waals surface area contributed by atoms with E-state index in [4.69, 9.17) is 5.73 Å². The molecule has 0 saturated carbocycles. The standard InChI is InChI=1S/C17H9N3O/c18-8-12-14-9-4-1-2-5-10(9)16(21)11-6-3-7-13(15(11)14)20-17(12)19/h1-7H,(H2,19,20). The van der Waals surface area contributed by atoms with Crippen LogP contribution in [0.2, 0.25) is 0 Å². The fourth-order valence-corrected chi connectivity index (χ4v) is 2.95. The number of pyridine rings is 1. The zero-order chi connectivity index (χ0) is 14.6. The van der Waals surface area contributed by atoms with Crippen LogP contribution in [0.3, 0.4) is 0 Å². The van der Waals surface area contributed by atoms with Crippen LogP contribution in [0.1, 0.15) is 21.5 Å². The molecule has 0 amide bonds. The number of rotatable bonds is 0. The Morgan fingerprint density at radius 3 is 2.48 bits per heavy atom.